The molecule has 0 aliphatic carbocycles. The molecule has 2 heterocycles. The molecule has 0 N–H and O–H groups in total. The summed E-state index contributed by atoms with van der Waals surface area (Å²) in [5.74, 6) is 0.399. The van der Waals surface area contributed by atoms with E-state index in [2.05, 4.69) is 11.0 Å². The highest BCUT2D eigenvalue weighted by Gasteiger charge is 2.23. The Balaban J connectivity index is 1.81. The minimum absolute atomic E-state index is 0.00476. The molecule has 0 unspecified atom stereocenters. The van der Waals surface area contributed by atoms with Crippen molar-refractivity contribution in [3.8, 4) is 12.1 Å². The average Bonchev–Trinajstić information content (AvgIpc) is 2.95. The number of nitriles is 2. The first-order chi connectivity index (χ1) is 13.5. The first kappa shape index (κ1) is 19.4. The molecule has 0 spiro atoms. The van der Waals surface area contributed by atoms with Crippen LogP contribution >= 0.6 is 0 Å². The number of hydrogen-bond donors (Lipinski definition) is 0. The quantitative estimate of drug-likeness (QED) is 0.773. The van der Waals surface area contributed by atoms with Crippen LogP contribution in [-0.2, 0) is 20.6 Å². The molecular weight excluding hydrogens is 356 g/mol. The van der Waals surface area contributed by atoms with Crippen LogP contribution in [0.4, 0.5) is 5.82 Å². The molecule has 0 bridgehead atoms. The van der Waals surface area contributed by atoms with Gasteiger partial charge in [0.2, 0.25) is 0 Å². The van der Waals surface area contributed by atoms with E-state index in [0.717, 1.165) is 36.2 Å². The van der Waals surface area contributed by atoms with E-state index < -0.39 is 11.2 Å². The Labute approximate surface area is 163 Å². The second kappa shape index (κ2) is 8.12. The Hall–Kier alpha value is -3.36. The third kappa shape index (κ3) is 3.68. The van der Waals surface area contributed by atoms with Crippen LogP contribution in [0, 0.1) is 22.7 Å². The molecule has 1 aliphatic rings. The van der Waals surface area contributed by atoms with Crippen LogP contribution in [0.3, 0.4) is 0 Å². The van der Waals surface area contributed by atoms with Crippen molar-refractivity contribution in [3.63, 3.8) is 0 Å². The smallest absolute Gasteiger partial charge is 0.332 e. The minimum Gasteiger partial charge on any atom is -0.355 e. The first-order valence-electron chi connectivity index (χ1n) is 9.12. The molecule has 0 saturated carbocycles. The van der Waals surface area contributed by atoms with E-state index in [1.54, 1.807) is 7.05 Å². The van der Waals surface area contributed by atoms with Crippen LogP contribution in [-0.4, -0.2) is 40.2 Å². The topological polar surface area (TPSA) is 98.1 Å². The van der Waals surface area contributed by atoms with E-state index in [9.17, 15) is 14.9 Å². The van der Waals surface area contributed by atoms with Crippen LogP contribution in [0.15, 0.2) is 33.9 Å². The van der Waals surface area contributed by atoms with E-state index in [-0.39, 0.29) is 5.56 Å². The number of rotatable bonds is 3. The normalized spacial score (nSPS) is 14.9. The summed E-state index contributed by atoms with van der Waals surface area (Å²) in [5, 5.41) is 18.4. The van der Waals surface area contributed by atoms with Gasteiger partial charge in [0.05, 0.1) is 11.6 Å². The van der Waals surface area contributed by atoms with Crippen molar-refractivity contribution in [1.82, 2.24) is 14.0 Å². The van der Waals surface area contributed by atoms with Crippen molar-refractivity contribution in [3.05, 3.63) is 61.8 Å². The van der Waals surface area contributed by atoms with Gasteiger partial charge in [0, 0.05) is 46.8 Å². The Morgan fingerprint density at radius 3 is 2.29 bits per heavy atom. The fourth-order valence-corrected chi connectivity index (χ4v) is 3.59. The minimum atomic E-state index is -0.556. The zero-order chi connectivity index (χ0) is 20.3. The molecule has 8 heteroatoms. The molecule has 8 nitrogen and oxygen atoms in total. The predicted molar refractivity (Wildman–Crippen MR) is 105 cm³/mol. The lowest BCUT2D eigenvalue weighted by atomic mass is 10.1. The molecule has 1 aliphatic heterocycles. The number of nitrogens with zero attached hydrogens (tertiary/aromatic N) is 6. The Morgan fingerprint density at radius 1 is 0.929 bits per heavy atom. The van der Waals surface area contributed by atoms with Gasteiger partial charge in [-0.2, -0.15) is 10.5 Å². The highest BCUT2D eigenvalue weighted by Crippen LogP contribution is 2.18. The lowest BCUT2D eigenvalue weighted by Crippen LogP contribution is -2.43. The second-order valence-corrected chi connectivity index (χ2v) is 6.94. The number of hydrogen-bond acceptors (Lipinski definition) is 6. The van der Waals surface area contributed by atoms with Crippen LogP contribution in [0.5, 0.6) is 0 Å². The van der Waals surface area contributed by atoms with Crippen molar-refractivity contribution in [1.29, 1.82) is 10.5 Å². The van der Waals surface area contributed by atoms with E-state index in [1.807, 2.05) is 35.2 Å². The van der Waals surface area contributed by atoms with Gasteiger partial charge in [0.1, 0.15) is 11.9 Å². The highest BCUT2D eigenvalue weighted by atomic mass is 16.2. The molecule has 0 radical (unpaired) electrons. The van der Waals surface area contributed by atoms with Gasteiger partial charge in [-0.15, -0.1) is 0 Å². The largest absolute Gasteiger partial charge is 0.355 e. The second-order valence-electron chi connectivity index (χ2n) is 6.94. The Bertz CT molecular complexity index is 1070. The summed E-state index contributed by atoms with van der Waals surface area (Å²) in [6.45, 7) is 3.66. The Kier molecular flexibility index (Phi) is 5.62. The third-order valence-electron chi connectivity index (χ3n) is 5.12. The van der Waals surface area contributed by atoms with Crippen molar-refractivity contribution in [2.45, 2.75) is 13.0 Å². The van der Waals surface area contributed by atoms with Gasteiger partial charge in [0.15, 0.2) is 5.56 Å². The highest BCUT2D eigenvalue weighted by molar-refractivity contribution is 5.53. The summed E-state index contributed by atoms with van der Waals surface area (Å²) in [5.41, 5.74) is 0.787. The number of anilines is 1. The summed E-state index contributed by atoms with van der Waals surface area (Å²) >= 11 is 0. The predicted octanol–water partition coefficient (Wildman–Crippen LogP) is 0.540. The monoisotopic (exact) mass is 378 g/mol. The molecule has 1 aromatic carbocycles. The maximum atomic E-state index is 12.3. The summed E-state index contributed by atoms with van der Waals surface area (Å²) in [7, 11) is 2.98. The molecule has 0 amide bonds. The van der Waals surface area contributed by atoms with Gasteiger partial charge in [-0.05, 0) is 24.1 Å². The summed E-state index contributed by atoms with van der Waals surface area (Å²) in [6.07, 6.45) is 0.852. The summed E-state index contributed by atoms with van der Waals surface area (Å²) in [4.78, 5) is 28.9. The SMILES string of the molecule is Cn1c(N2CCCN(Cc3ccc(C#N)cc3)CC2)c(C#N)c(=O)n(C)c1=O. The lowest BCUT2D eigenvalue weighted by molar-refractivity contribution is 0.285. The summed E-state index contributed by atoms with van der Waals surface area (Å²) < 4.78 is 2.35. The maximum Gasteiger partial charge on any atom is 0.332 e. The molecule has 0 atom stereocenters. The zero-order valence-corrected chi connectivity index (χ0v) is 16.1. The molecule has 1 saturated heterocycles. The lowest BCUT2D eigenvalue weighted by Gasteiger charge is -2.26. The zero-order valence-electron chi connectivity index (χ0n) is 16.1. The van der Waals surface area contributed by atoms with Crippen LogP contribution in [0.2, 0.25) is 0 Å². The van der Waals surface area contributed by atoms with Gasteiger partial charge in [0.25, 0.3) is 5.56 Å². The number of aromatic nitrogens is 2. The van der Waals surface area contributed by atoms with E-state index in [4.69, 9.17) is 5.26 Å². The van der Waals surface area contributed by atoms with Gasteiger partial charge < -0.3 is 4.90 Å². The van der Waals surface area contributed by atoms with Crippen LogP contribution in [0.1, 0.15) is 23.1 Å². The van der Waals surface area contributed by atoms with Crippen LogP contribution < -0.4 is 16.1 Å². The molecular formula is C20H22N6O2. The Morgan fingerprint density at radius 2 is 1.64 bits per heavy atom. The summed E-state index contributed by atoms with van der Waals surface area (Å²) in [6, 6.07) is 11.6. The van der Waals surface area contributed by atoms with Crippen molar-refractivity contribution < 1.29 is 0 Å². The third-order valence-corrected chi connectivity index (χ3v) is 5.12. The van der Waals surface area contributed by atoms with E-state index in [0.29, 0.717) is 24.5 Å². The molecule has 2 aromatic rings. The first-order valence-corrected chi connectivity index (χ1v) is 9.12. The van der Waals surface area contributed by atoms with Crippen molar-refractivity contribution >= 4 is 5.82 Å². The molecule has 3 rings (SSSR count). The molecule has 144 valence electrons. The van der Waals surface area contributed by atoms with Gasteiger partial charge in [-0.1, -0.05) is 12.1 Å². The maximum absolute atomic E-state index is 12.3. The van der Waals surface area contributed by atoms with Crippen molar-refractivity contribution in [2.75, 3.05) is 31.1 Å². The van der Waals surface area contributed by atoms with E-state index >= 15 is 0 Å². The van der Waals surface area contributed by atoms with Crippen molar-refractivity contribution in [2.24, 2.45) is 14.1 Å². The average molecular weight is 378 g/mol. The van der Waals surface area contributed by atoms with Gasteiger partial charge >= 0.3 is 5.69 Å². The fourth-order valence-electron chi connectivity index (χ4n) is 3.59. The fraction of sp³-hybridized carbons (Fsp3) is 0.400. The van der Waals surface area contributed by atoms with Gasteiger partial charge in [-0.25, -0.2) is 4.79 Å². The molecule has 1 fully saturated rings. The molecule has 28 heavy (non-hydrogen) atoms. The number of benzene rings is 1. The van der Waals surface area contributed by atoms with E-state index in [1.165, 1.54) is 11.6 Å². The van der Waals surface area contributed by atoms with Crippen LogP contribution in [0.25, 0.3) is 0 Å². The molecule has 1 aromatic heterocycles. The van der Waals surface area contributed by atoms with Gasteiger partial charge in [-0.3, -0.25) is 18.8 Å². The standard InChI is InChI=1S/C20H22N6O2/c1-23-18(17(13-22)19(27)24(2)20(23)28)26-9-3-8-25(10-11-26)14-16-6-4-15(12-21)5-7-16/h4-7H,3,8-11,14H2,1-2H3.